The normalized spacial score (nSPS) is 25.2. The summed E-state index contributed by atoms with van der Waals surface area (Å²) < 4.78 is 16.1. The van der Waals surface area contributed by atoms with Crippen molar-refractivity contribution in [3.05, 3.63) is 0 Å². The van der Waals surface area contributed by atoms with Crippen LogP contribution in [0.25, 0.3) is 0 Å². The summed E-state index contributed by atoms with van der Waals surface area (Å²) in [6.45, 7) is 10.5. The molecular formula is C18H31NO6. The lowest BCUT2D eigenvalue weighted by molar-refractivity contribution is -0.170. The van der Waals surface area contributed by atoms with E-state index in [0.29, 0.717) is 19.3 Å². The molecule has 1 amide bonds. The van der Waals surface area contributed by atoms with Crippen LogP contribution in [0.2, 0.25) is 0 Å². The third kappa shape index (κ3) is 7.75. The second-order valence-corrected chi connectivity index (χ2v) is 7.76. The summed E-state index contributed by atoms with van der Waals surface area (Å²) in [7, 11) is 0. The molecule has 25 heavy (non-hydrogen) atoms. The van der Waals surface area contributed by atoms with Gasteiger partial charge >= 0.3 is 18.0 Å². The molecule has 0 aromatic heterocycles. The number of hydrogen-bond donors (Lipinski definition) is 1. The molecule has 0 aliphatic carbocycles. The summed E-state index contributed by atoms with van der Waals surface area (Å²) in [6.07, 6.45) is 0.850. The van der Waals surface area contributed by atoms with Crippen molar-refractivity contribution < 1.29 is 28.6 Å². The minimum atomic E-state index is -0.767. The molecule has 0 bridgehead atoms. The average Bonchev–Trinajstić information content (AvgIpc) is 2.50. The topological polar surface area (TPSA) is 90.9 Å². The summed E-state index contributed by atoms with van der Waals surface area (Å²) in [6, 6.07) is -0.767. The first-order valence-corrected chi connectivity index (χ1v) is 8.90. The van der Waals surface area contributed by atoms with E-state index in [-0.39, 0.29) is 11.9 Å². The van der Waals surface area contributed by atoms with Gasteiger partial charge in [-0.3, -0.25) is 4.79 Å². The first-order valence-electron chi connectivity index (χ1n) is 8.90. The van der Waals surface area contributed by atoms with E-state index in [0.717, 1.165) is 6.42 Å². The molecule has 1 aliphatic rings. The van der Waals surface area contributed by atoms with Crippen molar-refractivity contribution in [2.45, 2.75) is 91.1 Å². The molecule has 144 valence electrons. The lowest BCUT2D eigenvalue weighted by Gasteiger charge is -2.26. The van der Waals surface area contributed by atoms with Gasteiger partial charge in [-0.15, -0.1) is 0 Å². The maximum atomic E-state index is 12.4. The Labute approximate surface area is 149 Å². The maximum Gasteiger partial charge on any atom is 0.408 e. The van der Waals surface area contributed by atoms with Crippen molar-refractivity contribution in [1.29, 1.82) is 0 Å². The minimum absolute atomic E-state index is 0.239. The van der Waals surface area contributed by atoms with Crippen molar-refractivity contribution in [2.75, 3.05) is 0 Å². The number of carbonyl (C=O) groups excluding carboxylic acids is 3. The SMILES string of the molecule is CC(C)C(=O)O[C@@H]1CCCC[C@H](NC(=O)OC(C)(C)C)C(=O)O[C@H]1C. The zero-order valence-electron chi connectivity index (χ0n) is 16.1. The van der Waals surface area contributed by atoms with E-state index in [1.807, 2.05) is 0 Å². The Kier molecular flexibility index (Phi) is 7.70. The zero-order valence-corrected chi connectivity index (χ0v) is 16.1. The summed E-state index contributed by atoms with van der Waals surface area (Å²) in [5, 5.41) is 2.57. The molecule has 0 radical (unpaired) electrons. The number of ether oxygens (including phenoxy) is 3. The summed E-state index contributed by atoms with van der Waals surface area (Å²) in [5.74, 6) is -1.08. The van der Waals surface area contributed by atoms with Gasteiger partial charge in [0.15, 0.2) is 0 Å². The number of nitrogens with one attached hydrogen (secondary N) is 1. The average molecular weight is 357 g/mol. The molecule has 1 N–H and O–H groups in total. The van der Waals surface area contributed by atoms with Gasteiger partial charge in [-0.1, -0.05) is 20.3 Å². The molecule has 0 unspecified atom stereocenters. The van der Waals surface area contributed by atoms with Gasteiger partial charge in [-0.25, -0.2) is 9.59 Å². The Morgan fingerprint density at radius 2 is 1.80 bits per heavy atom. The molecule has 0 spiro atoms. The summed E-state index contributed by atoms with van der Waals surface area (Å²) >= 11 is 0. The maximum absolute atomic E-state index is 12.4. The Bertz CT molecular complexity index is 482. The molecule has 0 aromatic carbocycles. The van der Waals surface area contributed by atoms with Crippen LogP contribution >= 0.6 is 0 Å². The predicted octanol–water partition coefficient (Wildman–Crippen LogP) is 2.95. The number of amides is 1. The fourth-order valence-electron chi connectivity index (χ4n) is 2.41. The number of alkyl carbamates (subject to hydrolysis) is 1. The number of rotatable bonds is 3. The standard InChI is InChI=1S/C18H31NO6/c1-11(2)15(20)24-14-10-8-7-9-13(16(21)23-12(14)3)19-17(22)25-18(4,5)6/h11-14H,7-10H2,1-6H3,(H,19,22)/t12-,13-,14+/m0/s1. The smallest absolute Gasteiger partial charge is 0.408 e. The first kappa shape index (κ1) is 21.3. The van der Waals surface area contributed by atoms with Gasteiger partial charge in [0, 0.05) is 0 Å². The van der Waals surface area contributed by atoms with Gasteiger partial charge in [0.25, 0.3) is 0 Å². The lowest BCUT2D eigenvalue weighted by atomic mass is 10.1. The monoisotopic (exact) mass is 357 g/mol. The number of cyclic esters (lactones) is 1. The van der Waals surface area contributed by atoms with E-state index in [4.69, 9.17) is 14.2 Å². The van der Waals surface area contributed by atoms with Gasteiger partial charge in [-0.05, 0) is 47.0 Å². The van der Waals surface area contributed by atoms with E-state index in [1.165, 1.54) is 0 Å². The molecule has 7 nitrogen and oxygen atoms in total. The highest BCUT2D eigenvalue weighted by molar-refractivity contribution is 5.81. The van der Waals surface area contributed by atoms with E-state index in [1.54, 1.807) is 41.5 Å². The highest BCUT2D eigenvalue weighted by Crippen LogP contribution is 2.20. The molecule has 1 heterocycles. The van der Waals surface area contributed by atoms with Crippen LogP contribution in [0.4, 0.5) is 4.79 Å². The Morgan fingerprint density at radius 3 is 2.36 bits per heavy atom. The second kappa shape index (κ2) is 9.06. The lowest BCUT2D eigenvalue weighted by Crippen LogP contribution is -2.45. The number of carbonyl (C=O) groups is 3. The van der Waals surface area contributed by atoms with Gasteiger partial charge < -0.3 is 19.5 Å². The van der Waals surface area contributed by atoms with Crippen LogP contribution in [-0.2, 0) is 23.8 Å². The minimum Gasteiger partial charge on any atom is -0.458 e. The van der Waals surface area contributed by atoms with E-state index >= 15 is 0 Å². The highest BCUT2D eigenvalue weighted by Gasteiger charge is 2.32. The van der Waals surface area contributed by atoms with Crippen LogP contribution in [0.1, 0.15) is 67.2 Å². The molecule has 7 heteroatoms. The number of hydrogen-bond acceptors (Lipinski definition) is 6. The van der Waals surface area contributed by atoms with Crippen molar-refractivity contribution >= 4 is 18.0 Å². The largest absolute Gasteiger partial charge is 0.458 e. The third-order valence-corrected chi connectivity index (χ3v) is 3.77. The Balaban J connectivity index is 2.70. The van der Waals surface area contributed by atoms with Gasteiger partial charge in [0.05, 0.1) is 5.92 Å². The van der Waals surface area contributed by atoms with Crippen molar-refractivity contribution in [3.63, 3.8) is 0 Å². The predicted molar refractivity (Wildman–Crippen MR) is 91.9 cm³/mol. The molecule has 1 saturated heterocycles. The quantitative estimate of drug-likeness (QED) is 0.617. The number of esters is 2. The Morgan fingerprint density at radius 1 is 1.20 bits per heavy atom. The molecule has 0 aromatic rings. The van der Waals surface area contributed by atoms with E-state index < -0.39 is 35.9 Å². The summed E-state index contributed by atoms with van der Waals surface area (Å²) in [4.78, 5) is 36.1. The van der Waals surface area contributed by atoms with Crippen LogP contribution < -0.4 is 5.32 Å². The van der Waals surface area contributed by atoms with Crippen LogP contribution in [0.15, 0.2) is 0 Å². The first-order chi connectivity index (χ1) is 11.5. The molecule has 3 atom stereocenters. The van der Waals surface area contributed by atoms with Crippen molar-refractivity contribution in [3.8, 4) is 0 Å². The fraction of sp³-hybridized carbons (Fsp3) is 0.833. The van der Waals surface area contributed by atoms with Gasteiger partial charge in [0.2, 0.25) is 0 Å². The highest BCUT2D eigenvalue weighted by atomic mass is 16.6. The van der Waals surface area contributed by atoms with Crippen molar-refractivity contribution in [2.24, 2.45) is 5.92 Å². The van der Waals surface area contributed by atoms with Crippen LogP contribution in [-0.4, -0.2) is 41.9 Å². The second-order valence-electron chi connectivity index (χ2n) is 7.76. The van der Waals surface area contributed by atoms with Crippen LogP contribution in [0, 0.1) is 5.92 Å². The molecule has 1 fully saturated rings. The van der Waals surface area contributed by atoms with Gasteiger partial charge in [0.1, 0.15) is 23.9 Å². The molecule has 0 saturated carbocycles. The van der Waals surface area contributed by atoms with Crippen LogP contribution in [0.5, 0.6) is 0 Å². The Hall–Kier alpha value is -1.79. The van der Waals surface area contributed by atoms with E-state index in [9.17, 15) is 14.4 Å². The van der Waals surface area contributed by atoms with Gasteiger partial charge in [-0.2, -0.15) is 0 Å². The summed E-state index contributed by atoms with van der Waals surface area (Å²) in [5.41, 5.74) is -0.643. The zero-order chi connectivity index (χ0) is 19.2. The van der Waals surface area contributed by atoms with Crippen molar-refractivity contribution in [1.82, 2.24) is 5.32 Å². The third-order valence-electron chi connectivity index (χ3n) is 3.77. The van der Waals surface area contributed by atoms with Crippen LogP contribution in [0.3, 0.4) is 0 Å². The fourth-order valence-corrected chi connectivity index (χ4v) is 2.41. The molecule has 1 aliphatic heterocycles. The molecular weight excluding hydrogens is 326 g/mol. The van der Waals surface area contributed by atoms with E-state index in [2.05, 4.69) is 5.32 Å². The molecule has 1 rings (SSSR count).